The molecule has 2 saturated heterocycles. The van der Waals surface area contributed by atoms with Gasteiger partial charge >= 0.3 is 0 Å². The van der Waals surface area contributed by atoms with Gasteiger partial charge in [-0.15, -0.1) is 0 Å². The van der Waals surface area contributed by atoms with Crippen molar-refractivity contribution >= 4 is 11.8 Å². The minimum Gasteiger partial charge on any atom is -0.285 e. The van der Waals surface area contributed by atoms with Crippen LogP contribution in [0, 0.1) is 5.92 Å². The van der Waals surface area contributed by atoms with Gasteiger partial charge in [0.05, 0.1) is 13.1 Å². The first-order valence-electron chi connectivity index (χ1n) is 5.91. The van der Waals surface area contributed by atoms with E-state index in [0.29, 0.717) is 32.1 Å². The molecule has 2 heterocycles. The first-order valence-corrected chi connectivity index (χ1v) is 5.91. The van der Waals surface area contributed by atoms with Gasteiger partial charge < -0.3 is 0 Å². The molecule has 2 fully saturated rings. The van der Waals surface area contributed by atoms with Crippen LogP contribution in [0.25, 0.3) is 0 Å². The molecule has 0 aliphatic carbocycles. The molecule has 2 amide bonds. The third-order valence-electron chi connectivity index (χ3n) is 2.95. The van der Waals surface area contributed by atoms with Gasteiger partial charge in [0.2, 0.25) is 0 Å². The molecule has 5 heteroatoms. The van der Waals surface area contributed by atoms with Gasteiger partial charge in [0.1, 0.15) is 0 Å². The fourth-order valence-corrected chi connectivity index (χ4v) is 2.38. The Morgan fingerprint density at radius 1 is 1.06 bits per heavy atom. The Morgan fingerprint density at radius 2 is 1.56 bits per heavy atom. The molecule has 2 rings (SSSR count). The average molecular weight is 225 g/mol. The molecule has 0 N–H and O–H groups in total. The Kier molecular flexibility index (Phi) is 3.14. The lowest BCUT2D eigenvalue weighted by molar-refractivity contribution is -0.153. The van der Waals surface area contributed by atoms with Gasteiger partial charge in [-0.1, -0.05) is 13.8 Å². The van der Waals surface area contributed by atoms with Crippen LogP contribution in [-0.4, -0.2) is 59.5 Å². The van der Waals surface area contributed by atoms with Crippen LogP contribution >= 0.6 is 0 Å². The van der Waals surface area contributed by atoms with Gasteiger partial charge in [-0.3, -0.25) is 24.5 Å². The molecule has 16 heavy (non-hydrogen) atoms. The Bertz CT molecular complexity index is 280. The fourth-order valence-electron chi connectivity index (χ4n) is 2.38. The van der Waals surface area contributed by atoms with E-state index in [9.17, 15) is 9.59 Å². The Labute approximate surface area is 95.9 Å². The highest BCUT2D eigenvalue weighted by atomic mass is 16.2. The maximum atomic E-state index is 11.9. The van der Waals surface area contributed by atoms with E-state index in [1.807, 2.05) is 4.90 Å². The lowest BCUT2D eigenvalue weighted by atomic mass is 10.2. The standard InChI is InChI=1S/C11H19N3O2/c1-9(2)6-12-7-10(15)13-4-3-5-14(13)11(16)8-12/h9H,3-8H2,1-2H3. The molecular formula is C11H19N3O2. The van der Waals surface area contributed by atoms with Crippen LogP contribution in [0.15, 0.2) is 0 Å². The van der Waals surface area contributed by atoms with Crippen molar-refractivity contribution in [2.45, 2.75) is 20.3 Å². The summed E-state index contributed by atoms with van der Waals surface area (Å²) in [5, 5.41) is 3.23. The molecular weight excluding hydrogens is 206 g/mol. The van der Waals surface area contributed by atoms with Crippen molar-refractivity contribution in [2.75, 3.05) is 32.7 Å². The van der Waals surface area contributed by atoms with Gasteiger partial charge in [0, 0.05) is 19.6 Å². The minimum absolute atomic E-state index is 0.0593. The quantitative estimate of drug-likeness (QED) is 0.661. The normalized spacial score (nSPS) is 22.9. The van der Waals surface area contributed by atoms with Crippen molar-refractivity contribution in [1.82, 2.24) is 14.9 Å². The Balaban J connectivity index is 2.08. The first-order chi connectivity index (χ1) is 7.58. The summed E-state index contributed by atoms with van der Waals surface area (Å²) in [6.07, 6.45) is 0.904. The zero-order chi connectivity index (χ0) is 11.7. The predicted molar refractivity (Wildman–Crippen MR) is 59.3 cm³/mol. The number of fused-ring (bicyclic) bond motifs is 1. The van der Waals surface area contributed by atoms with E-state index in [-0.39, 0.29) is 11.8 Å². The molecule has 2 aliphatic heterocycles. The van der Waals surface area contributed by atoms with E-state index < -0.39 is 0 Å². The highest BCUT2D eigenvalue weighted by molar-refractivity contribution is 5.87. The van der Waals surface area contributed by atoms with Gasteiger partial charge in [-0.25, -0.2) is 0 Å². The van der Waals surface area contributed by atoms with Crippen molar-refractivity contribution in [1.29, 1.82) is 0 Å². The van der Waals surface area contributed by atoms with E-state index >= 15 is 0 Å². The number of amides is 2. The lowest BCUT2D eigenvalue weighted by Gasteiger charge is -2.24. The maximum Gasteiger partial charge on any atom is 0.255 e. The van der Waals surface area contributed by atoms with Gasteiger partial charge in [0.15, 0.2) is 0 Å². The molecule has 0 aromatic rings. The third-order valence-corrected chi connectivity index (χ3v) is 2.95. The van der Waals surface area contributed by atoms with Gasteiger partial charge in [0.25, 0.3) is 11.8 Å². The van der Waals surface area contributed by atoms with E-state index in [1.54, 1.807) is 10.0 Å². The molecule has 0 saturated carbocycles. The first kappa shape index (κ1) is 11.4. The van der Waals surface area contributed by atoms with Crippen LogP contribution in [0.4, 0.5) is 0 Å². The number of hydrazine groups is 1. The van der Waals surface area contributed by atoms with Crippen molar-refractivity contribution in [3.05, 3.63) is 0 Å². The topological polar surface area (TPSA) is 43.9 Å². The summed E-state index contributed by atoms with van der Waals surface area (Å²) in [4.78, 5) is 25.8. The number of hydrogen-bond donors (Lipinski definition) is 0. The fraction of sp³-hybridized carbons (Fsp3) is 0.818. The molecule has 5 nitrogen and oxygen atoms in total. The van der Waals surface area contributed by atoms with Gasteiger partial charge in [-0.2, -0.15) is 0 Å². The SMILES string of the molecule is CC(C)CN1CC(=O)N2CCCN2C(=O)C1. The third kappa shape index (κ3) is 2.19. The van der Waals surface area contributed by atoms with Crippen LogP contribution in [0.5, 0.6) is 0 Å². The van der Waals surface area contributed by atoms with E-state index in [2.05, 4.69) is 13.8 Å². The summed E-state index contributed by atoms with van der Waals surface area (Å²) in [5.74, 6) is 0.594. The summed E-state index contributed by atoms with van der Waals surface area (Å²) in [6, 6.07) is 0. The molecule has 0 radical (unpaired) electrons. The van der Waals surface area contributed by atoms with E-state index in [1.165, 1.54) is 0 Å². The average Bonchev–Trinajstić information content (AvgIpc) is 2.60. The Hall–Kier alpha value is -1.10. The van der Waals surface area contributed by atoms with Crippen LogP contribution < -0.4 is 0 Å². The molecule has 0 unspecified atom stereocenters. The predicted octanol–water partition coefficient (Wildman–Crippen LogP) is -0.0661. The smallest absolute Gasteiger partial charge is 0.255 e. The van der Waals surface area contributed by atoms with Crippen molar-refractivity contribution in [2.24, 2.45) is 5.92 Å². The highest BCUT2D eigenvalue weighted by Crippen LogP contribution is 2.15. The number of hydrogen-bond acceptors (Lipinski definition) is 3. The molecule has 0 aromatic carbocycles. The van der Waals surface area contributed by atoms with Gasteiger partial charge in [-0.05, 0) is 12.3 Å². The molecule has 90 valence electrons. The van der Waals surface area contributed by atoms with Crippen molar-refractivity contribution in [3.63, 3.8) is 0 Å². The summed E-state index contributed by atoms with van der Waals surface area (Å²) < 4.78 is 0. The zero-order valence-corrected chi connectivity index (χ0v) is 9.98. The second-order valence-corrected chi connectivity index (χ2v) is 4.95. The lowest BCUT2D eigenvalue weighted by Crippen LogP contribution is -2.44. The second kappa shape index (κ2) is 4.41. The number of carbonyl (C=O) groups is 2. The summed E-state index contributed by atoms with van der Waals surface area (Å²) in [5.41, 5.74) is 0. The van der Waals surface area contributed by atoms with Crippen LogP contribution in [0.2, 0.25) is 0 Å². The zero-order valence-electron chi connectivity index (χ0n) is 9.98. The van der Waals surface area contributed by atoms with Crippen molar-refractivity contribution < 1.29 is 9.59 Å². The molecule has 0 bridgehead atoms. The molecule has 0 aromatic heterocycles. The van der Waals surface area contributed by atoms with Crippen LogP contribution in [-0.2, 0) is 9.59 Å². The highest BCUT2D eigenvalue weighted by Gasteiger charge is 2.35. The summed E-state index contributed by atoms with van der Waals surface area (Å²) in [7, 11) is 0. The van der Waals surface area contributed by atoms with E-state index in [4.69, 9.17) is 0 Å². The monoisotopic (exact) mass is 225 g/mol. The Morgan fingerprint density at radius 3 is 2.00 bits per heavy atom. The molecule has 0 spiro atoms. The number of nitrogens with zero attached hydrogens (tertiary/aromatic N) is 3. The second-order valence-electron chi connectivity index (χ2n) is 4.95. The maximum absolute atomic E-state index is 11.9. The summed E-state index contributed by atoms with van der Waals surface area (Å²) in [6.45, 7) is 7.14. The van der Waals surface area contributed by atoms with Crippen LogP contribution in [0.1, 0.15) is 20.3 Å². The number of carbonyl (C=O) groups excluding carboxylic acids is 2. The minimum atomic E-state index is 0.0593. The van der Waals surface area contributed by atoms with Crippen LogP contribution in [0.3, 0.4) is 0 Å². The number of rotatable bonds is 2. The van der Waals surface area contributed by atoms with E-state index in [0.717, 1.165) is 13.0 Å². The molecule has 2 aliphatic rings. The largest absolute Gasteiger partial charge is 0.285 e. The summed E-state index contributed by atoms with van der Waals surface area (Å²) >= 11 is 0. The van der Waals surface area contributed by atoms with Crippen molar-refractivity contribution in [3.8, 4) is 0 Å². The molecule has 0 atom stereocenters.